The largest absolute Gasteiger partial charge is 0.312 e. The van der Waals surface area contributed by atoms with Crippen molar-refractivity contribution in [3.8, 4) is 0 Å². The summed E-state index contributed by atoms with van der Waals surface area (Å²) < 4.78 is 0. The molecule has 2 atom stereocenters. The van der Waals surface area contributed by atoms with E-state index in [0.29, 0.717) is 0 Å². The van der Waals surface area contributed by atoms with Crippen molar-refractivity contribution in [2.24, 2.45) is 5.92 Å². The predicted octanol–water partition coefficient (Wildman–Crippen LogP) is 1.93. The van der Waals surface area contributed by atoms with Gasteiger partial charge in [0.25, 0.3) is 0 Å². The number of nitrogens with zero attached hydrogens (tertiary/aromatic N) is 2. The first-order chi connectivity index (χ1) is 9.01. The van der Waals surface area contributed by atoms with Crippen LogP contribution in [0.5, 0.6) is 0 Å². The maximum atomic E-state index is 3.67. The third-order valence-electron chi connectivity index (χ3n) is 5.01. The van der Waals surface area contributed by atoms with Gasteiger partial charge in [-0.2, -0.15) is 0 Å². The lowest BCUT2D eigenvalue weighted by Crippen LogP contribution is -2.41. The summed E-state index contributed by atoms with van der Waals surface area (Å²) in [4.78, 5) is 5.52. The first-order valence-corrected chi connectivity index (χ1v) is 8.24. The van der Waals surface area contributed by atoms with E-state index in [4.69, 9.17) is 0 Å². The maximum Gasteiger partial charge on any atom is 0.0235 e. The molecule has 0 amide bonds. The SMILES string of the molecule is CC(C)(C)NCC1CCN(C2CCN(C3CC3)C2)C1. The topological polar surface area (TPSA) is 18.5 Å². The van der Waals surface area contributed by atoms with Crippen molar-refractivity contribution in [2.75, 3.05) is 32.7 Å². The smallest absolute Gasteiger partial charge is 0.0235 e. The molecule has 3 fully saturated rings. The van der Waals surface area contributed by atoms with Crippen LogP contribution in [0.15, 0.2) is 0 Å². The Labute approximate surface area is 118 Å². The van der Waals surface area contributed by atoms with Crippen molar-refractivity contribution < 1.29 is 0 Å². The molecule has 0 spiro atoms. The molecule has 0 aromatic carbocycles. The molecule has 1 saturated carbocycles. The quantitative estimate of drug-likeness (QED) is 0.838. The highest BCUT2D eigenvalue weighted by molar-refractivity contribution is 4.94. The number of hydrogen-bond donors (Lipinski definition) is 1. The summed E-state index contributed by atoms with van der Waals surface area (Å²) in [6.45, 7) is 13.4. The monoisotopic (exact) mass is 265 g/mol. The van der Waals surface area contributed by atoms with Crippen molar-refractivity contribution in [3.63, 3.8) is 0 Å². The van der Waals surface area contributed by atoms with Crippen LogP contribution in [-0.2, 0) is 0 Å². The highest BCUT2D eigenvalue weighted by Gasteiger charge is 2.38. The lowest BCUT2D eigenvalue weighted by atomic mass is 10.1. The number of hydrogen-bond acceptors (Lipinski definition) is 3. The average Bonchev–Trinajstić information content (AvgIpc) is 2.91. The van der Waals surface area contributed by atoms with Gasteiger partial charge in [0.15, 0.2) is 0 Å². The minimum atomic E-state index is 0.267. The van der Waals surface area contributed by atoms with Crippen molar-refractivity contribution in [1.29, 1.82) is 0 Å². The van der Waals surface area contributed by atoms with Gasteiger partial charge in [-0.05, 0) is 65.5 Å². The van der Waals surface area contributed by atoms with Crippen LogP contribution < -0.4 is 5.32 Å². The summed E-state index contributed by atoms with van der Waals surface area (Å²) in [6, 6.07) is 1.83. The highest BCUT2D eigenvalue weighted by Crippen LogP contribution is 2.32. The van der Waals surface area contributed by atoms with Gasteiger partial charge in [0.1, 0.15) is 0 Å². The number of likely N-dealkylation sites (tertiary alicyclic amines) is 2. The molecule has 3 heteroatoms. The molecule has 110 valence electrons. The van der Waals surface area contributed by atoms with Gasteiger partial charge < -0.3 is 5.32 Å². The first-order valence-electron chi connectivity index (χ1n) is 8.24. The predicted molar refractivity (Wildman–Crippen MR) is 80.4 cm³/mol. The Morgan fingerprint density at radius 3 is 2.26 bits per heavy atom. The van der Waals surface area contributed by atoms with E-state index < -0.39 is 0 Å². The Hall–Kier alpha value is -0.120. The molecule has 3 rings (SSSR count). The van der Waals surface area contributed by atoms with Crippen LogP contribution in [0.4, 0.5) is 0 Å². The molecule has 2 aliphatic heterocycles. The molecule has 2 heterocycles. The van der Waals surface area contributed by atoms with E-state index in [1.54, 1.807) is 0 Å². The van der Waals surface area contributed by atoms with Crippen molar-refractivity contribution in [1.82, 2.24) is 15.1 Å². The molecule has 0 bridgehead atoms. The summed E-state index contributed by atoms with van der Waals surface area (Å²) in [5.41, 5.74) is 0.267. The lowest BCUT2D eigenvalue weighted by Gasteiger charge is -2.26. The molecule has 3 nitrogen and oxygen atoms in total. The fraction of sp³-hybridized carbons (Fsp3) is 1.00. The molecule has 0 aromatic heterocycles. The van der Waals surface area contributed by atoms with Crippen LogP contribution in [0.1, 0.15) is 46.5 Å². The van der Waals surface area contributed by atoms with E-state index in [1.807, 2.05) is 0 Å². The van der Waals surface area contributed by atoms with Crippen LogP contribution in [0, 0.1) is 5.92 Å². The second kappa shape index (κ2) is 5.34. The molecule has 3 aliphatic rings. The molecule has 1 aliphatic carbocycles. The standard InChI is InChI=1S/C16H31N3/c1-16(2,3)17-10-13-6-8-18(11-13)15-7-9-19(12-15)14-4-5-14/h13-15,17H,4-12H2,1-3H3. The van der Waals surface area contributed by atoms with E-state index in [0.717, 1.165) is 18.0 Å². The summed E-state index contributed by atoms with van der Waals surface area (Å²) in [6.07, 6.45) is 5.73. The lowest BCUT2D eigenvalue weighted by molar-refractivity contribution is 0.220. The molecule has 0 radical (unpaired) electrons. The molecule has 19 heavy (non-hydrogen) atoms. The van der Waals surface area contributed by atoms with Gasteiger partial charge in [-0.1, -0.05) is 0 Å². The van der Waals surface area contributed by atoms with E-state index in [-0.39, 0.29) is 5.54 Å². The Bertz CT molecular complexity index is 306. The maximum absolute atomic E-state index is 3.67. The van der Waals surface area contributed by atoms with Crippen molar-refractivity contribution in [2.45, 2.75) is 64.1 Å². The van der Waals surface area contributed by atoms with Crippen LogP contribution in [0.3, 0.4) is 0 Å². The fourth-order valence-corrected chi connectivity index (χ4v) is 3.65. The minimum Gasteiger partial charge on any atom is -0.312 e. The van der Waals surface area contributed by atoms with E-state index >= 15 is 0 Å². The second-order valence-corrected chi connectivity index (χ2v) is 7.95. The average molecular weight is 265 g/mol. The van der Waals surface area contributed by atoms with Gasteiger partial charge in [0.2, 0.25) is 0 Å². The zero-order valence-electron chi connectivity index (χ0n) is 13.0. The Kier molecular flexibility index (Phi) is 3.89. The van der Waals surface area contributed by atoms with E-state index in [9.17, 15) is 0 Å². The summed E-state index contributed by atoms with van der Waals surface area (Å²) in [7, 11) is 0. The molecule has 2 unspecified atom stereocenters. The summed E-state index contributed by atoms with van der Waals surface area (Å²) in [5, 5.41) is 3.67. The van der Waals surface area contributed by atoms with Crippen molar-refractivity contribution in [3.05, 3.63) is 0 Å². The fourth-order valence-electron chi connectivity index (χ4n) is 3.65. The molecule has 2 saturated heterocycles. The third-order valence-corrected chi connectivity index (χ3v) is 5.01. The summed E-state index contributed by atoms with van der Waals surface area (Å²) >= 11 is 0. The molecule has 0 aromatic rings. The van der Waals surface area contributed by atoms with Crippen LogP contribution in [-0.4, -0.2) is 60.1 Å². The third kappa shape index (κ3) is 3.71. The normalized spacial score (nSPS) is 34.3. The van der Waals surface area contributed by atoms with Gasteiger partial charge in [0, 0.05) is 37.3 Å². The zero-order chi connectivity index (χ0) is 13.5. The number of rotatable bonds is 4. The Morgan fingerprint density at radius 1 is 0.895 bits per heavy atom. The van der Waals surface area contributed by atoms with Gasteiger partial charge in [0.05, 0.1) is 0 Å². The Morgan fingerprint density at radius 2 is 1.58 bits per heavy atom. The van der Waals surface area contributed by atoms with Gasteiger partial charge in [-0.3, -0.25) is 9.80 Å². The molecular formula is C16H31N3. The van der Waals surface area contributed by atoms with Crippen LogP contribution in [0.2, 0.25) is 0 Å². The number of nitrogens with one attached hydrogen (secondary N) is 1. The van der Waals surface area contributed by atoms with Gasteiger partial charge in [-0.25, -0.2) is 0 Å². The summed E-state index contributed by atoms with van der Waals surface area (Å²) in [5.74, 6) is 0.870. The highest BCUT2D eigenvalue weighted by atomic mass is 15.3. The van der Waals surface area contributed by atoms with Gasteiger partial charge in [-0.15, -0.1) is 0 Å². The molecule has 1 N–H and O–H groups in total. The van der Waals surface area contributed by atoms with E-state index in [1.165, 1.54) is 58.4 Å². The minimum absolute atomic E-state index is 0.267. The van der Waals surface area contributed by atoms with Gasteiger partial charge >= 0.3 is 0 Å². The zero-order valence-corrected chi connectivity index (χ0v) is 13.0. The van der Waals surface area contributed by atoms with Crippen molar-refractivity contribution >= 4 is 0 Å². The Balaban J connectivity index is 1.41. The van der Waals surface area contributed by atoms with Crippen LogP contribution >= 0.6 is 0 Å². The molecular weight excluding hydrogens is 234 g/mol. The first kappa shape index (κ1) is 13.8. The van der Waals surface area contributed by atoms with Crippen LogP contribution in [0.25, 0.3) is 0 Å². The van der Waals surface area contributed by atoms with E-state index in [2.05, 4.69) is 35.9 Å². The second-order valence-electron chi connectivity index (χ2n) is 7.95.